The summed E-state index contributed by atoms with van der Waals surface area (Å²) in [6.07, 6.45) is 0. The molecule has 0 unspecified atom stereocenters. The normalized spacial score (nSPS) is 10.7. The summed E-state index contributed by atoms with van der Waals surface area (Å²) in [6.45, 7) is 1.73. The van der Waals surface area contributed by atoms with Crippen LogP contribution in [0.25, 0.3) is 20.8 Å². The Hall–Kier alpha value is -3.78. The van der Waals surface area contributed by atoms with Crippen LogP contribution in [0.2, 0.25) is 0 Å². The lowest BCUT2D eigenvalue weighted by Crippen LogP contribution is -2.20. The van der Waals surface area contributed by atoms with Crippen LogP contribution < -0.4 is 10.1 Å². The molecule has 8 heteroatoms. The molecular weight excluding hydrogens is 402 g/mol. The number of fused-ring (bicyclic) bond motifs is 1. The van der Waals surface area contributed by atoms with E-state index < -0.39 is 4.92 Å². The van der Waals surface area contributed by atoms with Gasteiger partial charge in [-0.2, -0.15) is 0 Å². The second-order valence-corrected chi connectivity index (χ2v) is 7.58. The number of aromatic nitrogens is 1. The standard InChI is InChI=1S/C22H17N3O4S/c1-14-17(22-24-19-6-2-3-8-20(19)30-22)5-4-7-18(14)23-21(26)13-29-16-11-9-15(10-12-16)25(27)28/h2-12H,13H2,1H3,(H,23,26). The molecule has 0 saturated heterocycles. The van der Waals surface area contributed by atoms with E-state index in [1.165, 1.54) is 24.3 Å². The summed E-state index contributed by atoms with van der Waals surface area (Å²) in [5.41, 5.74) is 3.48. The maximum Gasteiger partial charge on any atom is 0.269 e. The summed E-state index contributed by atoms with van der Waals surface area (Å²) in [7, 11) is 0. The topological polar surface area (TPSA) is 94.4 Å². The Balaban J connectivity index is 1.46. The first-order valence-electron chi connectivity index (χ1n) is 9.14. The zero-order valence-corrected chi connectivity index (χ0v) is 16.8. The highest BCUT2D eigenvalue weighted by Gasteiger charge is 2.13. The van der Waals surface area contributed by atoms with Gasteiger partial charge in [-0.3, -0.25) is 14.9 Å². The number of anilines is 1. The van der Waals surface area contributed by atoms with Crippen LogP contribution in [0.1, 0.15) is 5.56 Å². The van der Waals surface area contributed by atoms with Crippen LogP contribution in [-0.4, -0.2) is 22.4 Å². The van der Waals surface area contributed by atoms with Crippen LogP contribution in [-0.2, 0) is 4.79 Å². The molecule has 0 aliphatic heterocycles. The number of hydrogen-bond donors (Lipinski definition) is 1. The minimum atomic E-state index is -0.488. The van der Waals surface area contributed by atoms with Crippen LogP contribution in [0.5, 0.6) is 5.75 Å². The van der Waals surface area contributed by atoms with Crippen molar-refractivity contribution in [1.82, 2.24) is 4.98 Å². The molecule has 0 saturated carbocycles. The number of thiazole rings is 1. The SMILES string of the molecule is Cc1c(NC(=O)COc2ccc([N+](=O)[O-])cc2)cccc1-c1nc2ccccc2s1. The molecule has 0 aliphatic carbocycles. The van der Waals surface area contributed by atoms with Gasteiger partial charge in [0.05, 0.1) is 15.1 Å². The van der Waals surface area contributed by atoms with Crippen molar-refractivity contribution < 1.29 is 14.5 Å². The molecule has 0 spiro atoms. The van der Waals surface area contributed by atoms with Crippen molar-refractivity contribution in [3.63, 3.8) is 0 Å². The maximum atomic E-state index is 12.3. The highest BCUT2D eigenvalue weighted by Crippen LogP contribution is 2.34. The molecule has 7 nitrogen and oxygen atoms in total. The van der Waals surface area contributed by atoms with Gasteiger partial charge in [-0.15, -0.1) is 11.3 Å². The number of nitro groups is 1. The lowest BCUT2D eigenvalue weighted by Gasteiger charge is -2.12. The minimum absolute atomic E-state index is 0.0333. The summed E-state index contributed by atoms with van der Waals surface area (Å²) in [5, 5.41) is 14.4. The van der Waals surface area contributed by atoms with Crippen molar-refractivity contribution in [3.8, 4) is 16.3 Å². The molecule has 0 fully saturated rings. The summed E-state index contributed by atoms with van der Waals surface area (Å²) < 4.78 is 6.53. The number of hydrogen-bond acceptors (Lipinski definition) is 6. The van der Waals surface area contributed by atoms with Gasteiger partial charge in [-0.1, -0.05) is 24.3 Å². The minimum Gasteiger partial charge on any atom is -0.484 e. The lowest BCUT2D eigenvalue weighted by molar-refractivity contribution is -0.384. The fourth-order valence-electron chi connectivity index (χ4n) is 2.99. The van der Waals surface area contributed by atoms with Crippen LogP contribution in [0.4, 0.5) is 11.4 Å². The monoisotopic (exact) mass is 419 g/mol. The number of carbonyl (C=O) groups is 1. The number of nitro benzene ring substituents is 1. The van der Waals surface area contributed by atoms with Gasteiger partial charge in [0.1, 0.15) is 10.8 Å². The molecule has 1 heterocycles. The number of rotatable bonds is 6. The Labute approximate surface area is 176 Å². The second-order valence-electron chi connectivity index (χ2n) is 6.55. The van der Waals surface area contributed by atoms with Crippen LogP contribution in [0.15, 0.2) is 66.7 Å². The van der Waals surface area contributed by atoms with Crippen molar-refractivity contribution >= 4 is 38.8 Å². The molecule has 0 radical (unpaired) electrons. The van der Waals surface area contributed by atoms with Crippen molar-refractivity contribution in [2.75, 3.05) is 11.9 Å². The van der Waals surface area contributed by atoms with Crippen LogP contribution in [0.3, 0.4) is 0 Å². The van der Waals surface area contributed by atoms with Gasteiger partial charge in [-0.25, -0.2) is 4.98 Å². The van der Waals surface area contributed by atoms with E-state index in [9.17, 15) is 14.9 Å². The van der Waals surface area contributed by atoms with E-state index in [0.29, 0.717) is 11.4 Å². The van der Waals surface area contributed by atoms with Crippen molar-refractivity contribution in [2.24, 2.45) is 0 Å². The van der Waals surface area contributed by atoms with Crippen LogP contribution in [0, 0.1) is 17.0 Å². The Bertz CT molecular complexity index is 1200. The average Bonchev–Trinajstić information content (AvgIpc) is 3.18. The molecule has 3 aromatic carbocycles. The summed E-state index contributed by atoms with van der Waals surface area (Å²) in [6, 6.07) is 19.2. The highest BCUT2D eigenvalue weighted by molar-refractivity contribution is 7.21. The van der Waals surface area contributed by atoms with Gasteiger partial charge in [0, 0.05) is 23.4 Å². The Morgan fingerprint density at radius 3 is 2.60 bits per heavy atom. The van der Waals surface area contributed by atoms with Crippen molar-refractivity contribution in [2.45, 2.75) is 6.92 Å². The predicted octanol–water partition coefficient (Wildman–Crippen LogP) is 5.20. The van der Waals surface area contributed by atoms with E-state index in [0.717, 1.165) is 26.4 Å². The average molecular weight is 419 g/mol. The number of carbonyl (C=O) groups excluding carboxylic acids is 1. The Kier molecular flexibility index (Phi) is 5.40. The number of amides is 1. The molecule has 4 aromatic rings. The molecule has 4 rings (SSSR count). The number of nitrogens with zero attached hydrogens (tertiary/aromatic N) is 2. The van der Waals surface area contributed by atoms with E-state index in [1.807, 2.05) is 49.4 Å². The molecule has 1 amide bonds. The molecule has 0 aliphatic rings. The first-order chi connectivity index (χ1) is 14.5. The van der Waals surface area contributed by atoms with Gasteiger partial charge in [-0.05, 0) is 42.8 Å². The summed E-state index contributed by atoms with van der Waals surface area (Å²) >= 11 is 1.61. The van der Waals surface area contributed by atoms with Crippen molar-refractivity contribution in [3.05, 3.63) is 82.4 Å². The summed E-state index contributed by atoms with van der Waals surface area (Å²) in [5.74, 6) is 0.0635. The summed E-state index contributed by atoms with van der Waals surface area (Å²) in [4.78, 5) is 27.2. The van der Waals surface area contributed by atoms with Gasteiger partial charge >= 0.3 is 0 Å². The molecule has 1 N–H and O–H groups in total. The number of non-ortho nitro benzene ring substituents is 1. The lowest BCUT2D eigenvalue weighted by atomic mass is 10.1. The number of benzene rings is 3. The third-order valence-corrected chi connectivity index (χ3v) is 5.62. The van der Waals surface area contributed by atoms with E-state index in [2.05, 4.69) is 5.32 Å². The largest absolute Gasteiger partial charge is 0.484 e. The van der Waals surface area contributed by atoms with E-state index >= 15 is 0 Å². The second kappa shape index (κ2) is 8.30. The molecule has 30 heavy (non-hydrogen) atoms. The fraction of sp³-hybridized carbons (Fsp3) is 0.0909. The van der Waals surface area contributed by atoms with E-state index in [1.54, 1.807) is 11.3 Å². The predicted molar refractivity (Wildman–Crippen MR) is 117 cm³/mol. The Morgan fingerprint density at radius 2 is 1.87 bits per heavy atom. The van der Waals surface area contributed by atoms with Gasteiger partial charge < -0.3 is 10.1 Å². The first kappa shape index (κ1) is 19.5. The fourth-order valence-corrected chi connectivity index (χ4v) is 4.04. The third kappa shape index (κ3) is 4.13. The zero-order chi connectivity index (χ0) is 21.1. The number of nitrogens with one attached hydrogen (secondary N) is 1. The molecule has 1 aromatic heterocycles. The highest BCUT2D eigenvalue weighted by atomic mass is 32.1. The van der Waals surface area contributed by atoms with E-state index in [-0.39, 0.29) is 18.2 Å². The molecular formula is C22H17N3O4S. The quantitative estimate of drug-likeness (QED) is 0.342. The smallest absolute Gasteiger partial charge is 0.269 e. The van der Waals surface area contributed by atoms with Gasteiger partial charge in [0.15, 0.2) is 6.61 Å². The zero-order valence-electron chi connectivity index (χ0n) is 16.0. The van der Waals surface area contributed by atoms with Crippen LogP contribution >= 0.6 is 11.3 Å². The molecule has 0 atom stereocenters. The molecule has 150 valence electrons. The van der Waals surface area contributed by atoms with Gasteiger partial charge in [0.2, 0.25) is 0 Å². The van der Waals surface area contributed by atoms with Crippen molar-refractivity contribution in [1.29, 1.82) is 0 Å². The maximum absolute atomic E-state index is 12.3. The number of ether oxygens (including phenoxy) is 1. The van der Waals surface area contributed by atoms with Gasteiger partial charge in [0.25, 0.3) is 11.6 Å². The van der Waals surface area contributed by atoms with E-state index in [4.69, 9.17) is 9.72 Å². The molecule has 0 bridgehead atoms. The first-order valence-corrected chi connectivity index (χ1v) is 9.95. The Morgan fingerprint density at radius 1 is 1.10 bits per heavy atom. The third-order valence-electron chi connectivity index (χ3n) is 4.55. The number of para-hydroxylation sites is 1.